The highest BCUT2D eigenvalue weighted by Crippen LogP contribution is 2.23. The van der Waals surface area contributed by atoms with Crippen molar-refractivity contribution in [2.24, 2.45) is 5.92 Å². The molecule has 1 aliphatic rings. The van der Waals surface area contributed by atoms with Gasteiger partial charge < -0.3 is 4.90 Å². The maximum Gasteiger partial charge on any atom is 0.132 e. The summed E-state index contributed by atoms with van der Waals surface area (Å²) >= 11 is 5.96. The molecule has 1 aromatic heterocycles. The second-order valence-electron chi connectivity index (χ2n) is 5.06. The number of alkyl halides is 1. The third kappa shape index (κ3) is 3.09. The van der Waals surface area contributed by atoms with Gasteiger partial charge in [-0.05, 0) is 24.7 Å². The van der Waals surface area contributed by atoms with Crippen LogP contribution >= 0.6 is 11.6 Å². The minimum absolute atomic E-state index is 0.449. The van der Waals surface area contributed by atoms with Gasteiger partial charge in [-0.2, -0.15) is 0 Å². The average molecular weight is 254 g/mol. The molecule has 1 unspecified atom stereocenters. The number of nitrogens with zero attached hydrogens (tertiary/aromatic N) is 3. The van der Waals surface area contributed by atoms with E-state index in [4.69, 9.17) is 11.6 Å². The van der Waals surface area contributed by atoms with Gasteiger partial charge >= 0.3 is 0 Å². The summed E-state index contributed by atoms with van der Waals surface area (Å²) in [6.45, 7) is 6.42. The van der Waals surface area contributed by atoms with E-state index in [1.54, 1.807) is 6.33 Å². The van der Waals surface area contributed by atoms with E-state index < -0.39 is 0 Å². The van der Waals surface area contributed by atoms with E-state index in [-0.39, 0.29) is 0 Å². The van der Waals surface area contributed by atoms with Gasteiger partial charge in [-0.3, -0.25) is 0 Å². The summed E-state index contributed by atoms with van der Waals surface area (Å²) in [6, 6.07) is 2.11. The first-order valence-electron chi connectivity index (χ1n) is 6.33. The van der Waals surface area contributed by atoms with Crippen molar-refractivity contribution >= 4 is 17.4 Å². The molecule has 1 aliphatic heterocycles. The minimum atomic E-state index is 0.449. The molecule has 0 N–H and O–H groups in total. The number of anilines is 1. The van der Waals surface area contributed by atoms with Crippen molar-refractivity contribution in [2.75, 3.05) is 23.9 Å². The molecule has 0 radical (unpaired) electrons. The summed E-state index contributed by atoms with van der Waals surface area (Å²) in [4.78, 5) is 11.0. The fourth-order valence-corrected chi connectivity index (χ4v) is 2.50. The molecule has 2 rings (SSSR count). The van der Waals surface area contributed by atoms with Crippen molar-refractivity contribution in [2.45, 2.75) is 32.6 Å². The standard InChI is InChI=1S/C13H20ClN3/c1-10(2)12-6-13(16-9-15-12)17-5-3-4-11(7-14)8-17/h6,9-11H,3-5,7-8H2,1-2H3. The van der Waals surface area contributed by atoms with Gasteiger partial charge in [-0.25, -0.2) is 9.97 Å². The SMILES string of the molecule is CC(C)c1cc(N2CCCC(CCl)C2)ncn1. The van der Waals surface area contributed by atoms with Crippen molar-refractivity contribution < 1.29 is 0 Å². The van der Waals surface area contributed by atoms with Crippen LogP contribution in [0.3, 0.4) is 0 Å². The van der Waals surface area contributed by atoms with Gasteiger partial charge in [-0.15, -0.1) is 11.6 Å². The third-order valence-electron chi connectivity index (χ3n) is 3.33. The van der Waals surface area contributed by atoms with Crippen LogP contribution in [0.25, 0.3) is 0 Å². The number of rotatable bonds is 3. The molecule has 1 atom stereocenters. The number of piperidine rings is 1. The lowest BCUT2D eigenvalue weighted by Crippen LogP contribution is -2.36. The maximum absolute atomic E-state index is 5.96. The van der Waals surface area contributed by atoms with E-state index in [0.29, 0.717) is 11.8 Å². The molecule has 0 saturated carbocycles. The summed E-state index contributed by atoms with van der Waals surface area (Å²) in [7, 11) is 0. The highest BCUT2D eigenvalue weighted by atomic mass is 35.5. The summed E-state index contributed by atoms with van der Waals surface area (Å²) < 4.78 is 0. The molecule has 0 amide bonds. The van der Waals surface area contributed by atoms with Gasteiger partial charge in [-0.1, -0.05) is 13.8 Å². The molecule has 2 heterocycles. The monoisotopic (exact) mass is 253 g/mol. The lowest BCUT2D eigenvalue weighted by atomic mass is 10.00. The normalized spacial score (nSPS) is 20.9. The lowest BCUT2D eigenvalue weighted by Gasteiger charge is -2.32. The van der Waals surface area contributed by atoms with E-state index in [9.17, 15) is 0 Å². The van der Waals surface area contributed by atoms with Crippen LogP contribution in [0.15, 0.2) is 12.4 Å². The van der Waals surface area contributed by atoms with E-state index in [0.717, 1.165) is 30.5 Å². The largest absolute Gasteiger partial charge is 0.356 e. The van der Waals surface area contributed by atoms with Crippen LogP contribution in [-0.2, 0) is 0 Å². The molecule has 1 fully saturated rings. The average Bonchev–Trinajstić information content (AvgIpc) is 2.39. The molecule has 3 nitrogen and oxygen atoms in total. The van der Waals surface area contributed by atoms with Gasteiger partial charge in [0.1, 0.15) is 12.1 Å². The maximum atomic E-state index is 5.96. The zero-order valence-electron chi connectivity index (χ0n) is 10.6. The molecule has 0 aromatic carbocycles. The fraction of sp³-hybridized carbons (Fsp3) is 0.692. The van der Waals surface area contributed by atoms with Crippen molar-refractivity contribution in [1.29, 1.82) is 0 Å². The Hall–Kier alpha value is -0.830. The highest BCUT2D eigenvalue weighted by molar-refractivity contribution is 6.18. The predicted molar refractivity (Wildman–Crippen MR) is 71.8 cm³/mol. The molecule has 1 saturated heterocycles. The van der Waals surface area contributed by atoms with Gasteiger partial charge in [0, 0.05) is 30.7 Å². The van der Waals surface area contributed by atoms with Gasteiger partial charge in [0.05, 0.1) is 0 Å². The molecule has 0 aliphatic carbocycles. The quantitative estimate of drug-likeness (QED) is 0.776. The van der Waals surface area contributed by atoms with Crippen LogP contribution in [0.1, 0.15) is 38.3 Å². The Kier molecular flexibility index (Phi) is 4.21. The smallest absolute Gasteiger partial charge is 0.132 e. The fourth-order valence-electron chi connectivity index (χ4n) is 2.25. The molecule has 0 bridgehead atoms. The first kappa shape index (κ1) is 12.6. The van der Waals surface area contributed by atoms with Crippen LogP contribution in [-0.4, -0.2) is 28.9 Å². The topological polar surface area (TPSA) is 29.0 Å². The number of aromatic nitrogens is 2. The van der Waals surface area contributed by atoms with Gasteiger partial charge in [0.25, 0.3) is 0 Å². The number of hydrogen-bond donors (Lipinski definition) is 0. The van der Waals surface area contributed by atoms with Crippen LogP contribution in [0.4, 0.5) is 5.82 Å². The van der Waals surface area contributed by atoms with Crippen LogP contribution in [0, 0.1) is 5.92 Å². The zero-order chi connectivity index (χ0) is 12.3. The first-order valence-corrected chi connectivity index (χ1v) is 6.87. The Labute approximate surface area is 108 Å². The van der Waals surface area contributed by atoms with Crippen molar-refractivity contribution in [3.05, 3.63) is 18.1 Å². The molecule has 4 heteroatoms. The molecular formula is C13H20ClN3. The second-order valence-corrected chi connectivity index (χ2v) is 5.37. The summed E-state index contributed by atoms with van der Waals surface area (Å²) in [5.41, 5.74) is 1.11. The van der Waals surface area contributed by atoms with E-state index >= 15 is 0 Å². The van der Waals surface area contributed by atoms with E-state index in [2.05, 4.69) is 34.8 Å². The first-order chi connectivity index (χ1) is 8.20. The van der Waals surface area contributed by atoms with Crippen LogP contribution < -0.4 is 4.90 Å². The van der Waals surface area contributed by atoms with Crippen molar-refractivity contribution in [1.82, 2.24) is 9.97 Å². The lowest BCUT2D eigenvalue weighted by molar-refractivity contribution is 0.448. The Bertz CT molecular complexity index is 367. The Morgan fingerprint density at radius 1 is 1.47 bits per heavy atom. The zero-order valence-corrected chi connectivity index (χ0v) is 11.3. The number of halogens is 1. The van der Waals surface area contributed by atoms with Crippen LogP contribution in [0.5, 0.6) is 0 Å². The van der Waals surface area contributed by atoms with E-state index in [1.165, 1.54) is 12.8 Å². The van der Waals surface area contributed by atoms with Crippen molar-refractivity contribution in [3.8, 4) is 0 Å². The van der Waals surface area contributed by atoms with Crippen LogP contribution in [0.2, 0.25) is 0 Å². The Balaban J connectivity index is 2.13. The second kappa shape index (κ2) is 5.67. The summed E-state index contributed by atoms with van der Waals surface area (Å²) in [6.07, 6.45) is 4.12. The summed E-state index contributed by atoms with van der Waals surface area (Å²) in [5.74, 6) is 2.85. The third-order valence-corrected chi connectivity index (χ3v) is 3.76. The van der Waals surface area contributed by atoms with Crippen molar-refractivity contribution in [3.63, 3.8) is 0 Å². The Morgan fingerprint density at radius 2 is 2.29 bits per heavy atom. The molecular weight excluding hydrogens is 234 g/mol. The minimum Gasteiger partial charge on any atom is -0.356 e. The van der Waals surface area contributed by atoms with Gasteiger partial charge in [0.2, 0.25) is 0 Å². The highest BCUT2D eigenvalue weighted by Gasteiger charge is 2.20. The Morgan fingerprint density at radius 3 is 3.00 bits per heavy atom. The summed E-state index contributed by atoms with van der Waals surface area (Å²) in [5, 5.41) is 0. The van der Waals surface area contributed by atoms with E-state index in [1.807, 2.05) is 0 Å². The molecule has 17 heavy (non-hydrogen) atoms. The number of hydrogen-bond acceptors (Lipinski definition) is 3. The molecule has 1 aromatic rings. The molecule has 0 spiro atoms. The molecule has 94 valence electrons. The predicted octanol–water partition coefficient (Wildman–Crippen LogP) is 3.06. The van der Waals surface area contributed by atoms with Gasteiger partial charge in [0.15, 0.2) is 0 Å².